The van der Waals surface area contributed by atoms with Gasteiger partial charge in [-0.1, -0.05) is 0 Å². The third kappa shape index (κ3) is 2.34. The van der Waals surface area contributed by atoms with E-state index in [9.17, 15) is 19.2 Å². The summed E-state index contributed by atoms with van der Waals surface area (Å²) in [5, 5.41) is 12.1. The number of nitrogens with one attached hydrogen (secondary N) is 1. The van der Waals surface area contributed by atoms with Gasteiger partial charge in [0.1, 0.15) is 17.6 Å². The summed E-state index contributed by atoms with van der Waals surface area (Å²) in [5.74, 6) is -1.56. The minimum atomic E-state index is -0.700. The van der Waals surface area contributed by atoms with Crippen LogP contribution in [0.5, 0.6) is 0 Å². The first kappa shape index (κ1) is 15.5. The van der Waals surface area contributed by atoms with E-state index in [1.165, 1.54) is 31.4 Å². The van der Waals surface area contributed by atoms with Gasteiger partial charge in [-0.05, 0) is 25.1 Å². The lowest BCUT2D eigenvalue weighted by molar-refractivity contribution is -0.110. The number of nitrogens with zero attached hydrogens (tertiary/aromatic N) is 1. The van der Waals surface area contributed by atoms with E-state index >= 15 is 0 Å². The average Bonchev–Trinajstić information content (AvgIpc) is 3.09. The monoisotopic (exact) mass is 326 g/mol. The minimum absolute atomic E-state index is 0.00625. The van der Waals surface area contributed by atoms with Crippen LogP contribution in [0.25, 0.3) is 11.1 Å². The Labute approximate surface area is 136 Å². The molecular formula is C17H11FN2O4. The number of ether oxygens (including phenoxy) is 1. The quantitative estimate of drug-likeness (QED) is 0.520. The first-order valence-corrected chi connectivity index (χ1v) is 6.91. The highest BCUT2D eigenvalue weighted by Crippen LogP contribution is 2.38. The van der Waals surface area contributed by atoms with Gasteiger partial charge in [-0.25, -0.2) is 9.18 Å². The van der Waals surface area contributed by atoms with Gasteiger partial charge in [-0.3, -0.25) is 4.79 Å². The highest BCUT2D eigenvalue weighted by atomic mass is 19.1. The van der Waals surface area contributed by atoms with Crippen LogP contribution < -0.4 is 5.32 Å². The van der Waals surface area contributed by atoms with Crippen LogP contribution in [0.3, 0.4) is 0 Å². The number of benzene rings is 1. The molecule has 24 heavy (non-hydrogen) atoms. The highest BCUT2D eigenvalue weighted by Gasteiger charge is 2.30. The molecule has 6 nitrogen and oxygen atoms in total. The molecule has 0 spiro atoms. The summed E-state index contributed by atoms with van der Waals surface area (Å²) in [7, 11) is 1.20. The standard InChI is InChI=1S/C17H11FN2O4/c1-8-10(6-14(24-8)17(22)23-2)12(7-19)15-11-5-9(18)3-4-13(11)20-16(15)21/h3-6H,1-2H3,(H,20,21). The third-order valence-electron chi connectivity index (χ3n) is 3.66. The molecule has 2 heterocycles. The number of esters is 1. The summed E-state index contributed by atoms with van der Waals surface area (Å²) >= 11 is 0. The molecule has 0 atom stereocenters. The number of rotatable bonds is 2. The second-order valence-corrected chi connectivity index (χ2v) is 5.08. The number of hydrogen-bond donors (Lipinski definition) is 1. The smallest absolute Gasteiger partial charge is 0.373 e. The summed E-state index contributed by atoms with van der Waals surface area (Å²) in [5.41, 5.74) is 1.01. The van der Waals surface area contributed by atoms with Gasteiger partial charge in [0.2, 0.25) is 5.76 Å². The summed E-state index contributed by atoms with van der Waals surface area (Å²) < 4.78 is 23.4. The maximum Gasteiger partial charge on any atom is 0.373 e. The minimum Gasteiger partial charge on any atom is -0.463 e. The van der Waals surface area contributed by atoms with Crippen molar-refractivity contribution in [2.75, 3.05) is 12.4 Å². The molecule has 0 radical (unpaired) electrons. The maximum absolute atomic E-state index is 13.5. The molecule has 0 unspecified atom stereocenters. The van der Waals surface area contributed by atoms with Gasteiger partial charge < -0.3 is 14.5 Å². The molecule has 120 valence electrons. The third-order valence-corrected chi connectivity index (χ3v) is 3.66. The molecule has 0 aliphatic carbocycles. The van der Waals surface area contributed by atoms with Crippen LogP contribution in [-0.2, 0) is 9.53 Å². The van der Waals surface area contributed by atoms with Gasteiger partial charge in [0, 0.05) is 22.9 Å². The molecule has 3 rings (SSSR count). The van der Waals surface area contributed by atoms with Crippen molar-refractivity contribution >= 4 is 28.7 Å². The molecule has 1 aromatic heterocycles. The number of carbonyl (C=O) groups is 2. The van der Waals surface area contributed by atoms with Crippen LogP contribution in [-0.4, -0.2) is 19.0 Å². The fraction of sp³-hybridized carbons (Fsp3) is 0.118. The van der Waals surface area contributed by atoms with E-state index in [0.29, 0.717) is 5.69 Å². The summed E-state index contributed by atoms with van der Waals surface area (Å²) in [6.45, 7) is 1.55. The fourth-order valence-electron chi connectivity index (χ4n) is 2.57. The Kier molecular flexibility index (Phi) is 3.66. The van der Waals surface area contributed by atoms with Crippen molar-refractivity contribution in [2.24, 2.45) is 0 Å². The van der Waals surface area contributed by atoms with Gasteiger partial charge in [0.15, 0.2) is 0 Å². The Morgan fingerprint density at radius 3 is 2.79 bits per heavy atom. The number of halogens is 1. The fourth-order valence-corrected chi connectivity index (χ4v) is 2.57. The van der Waals surface area contributed by atoms with Gasteiger partial charge in [-0.15, -0.1) is 0 Å². The number of fused-ring (bicyclic) bond motifs is 1. The largest absolute Gasteiger partial charge is 0.463 e. The Hall–Kier alpha value is -3.40. The van der Waals surface area contributed by atoms with Crippen LogP contribution in [0.1, 0.15) is 27.4 Å². The van der Waals surface area contributed by atoms with E-state index in [2.05, 4.69) is 10.1 Å². The maximum atomic E-state index is 13.5. The SMILES string of the molecule is COC(=O)c1cc(C(C#N)=C2C(=O)Nc3ccc(F)cc32)c(C)o1. The van der Waals surface area contributed by atoms with Crippen LogP contribution in [0.2, 0.25) is 0 Å². The molecule has 1 N–H and O–H groups in total. The number of methoxy groups -OCH3 is 1. The van der Waals surface area contributed by atoms with Crippen molar-refractivity contribution in [1.82, 2.24) is 0 Å². The molecule has 0 saturated heterocycles. The lowest BCUT2D eigenvalue weighted by atomic mass is 9.96. The molecule has 0 saturated carbocycles. The Bertz CT molecular complexity index is 950. The van der Waals surface area contributed by atoms with E-state index in [4.69, 9.17) is 4.42 Å². The van der Waals surface area contributed by atoms with E-state index in [0.717, 1.165) is 0 Å². The molecule has 0 fully saturated rings. The summed E-state index contributed by atoms with van der Waals surface area (Å²) in [6, 6.07) is 7.09. The van der Waals surface area contributed by atoms with Crippen molar-refractivity contribution in [3.8, 4) is 6.07 Å². The molecule has 1 amide bonds. The van der Waals surface area contributed by atoms with Crippen molar-refractivity contribution in [3.63, 3.8) is 0 Å². The number of nitriles is 1. The number of carbonyl (C=O) groups excluding carboxylic acids is 2. The topological polar surface area (TPSA) is 92.3 Å². The van der Waals surface area contributed by atoms with Crippen molar-refractivity contribution in [3.05, 3.63) is 52.7 Å². The van der Waals surface area contributed by atoms with E-state index in [1.807, 2.05) is 6.07 Å². The Morgan fingerprint density at radius 1 is 1.38 bits per heavy atom. The highest BCUT2D eigenvalue weighted by molar-refractivity contribution is 6.38. The number of allylic oxidation sites excluding steroid dienone is 1. The molecule has 7 heteroatoms. The lowest BCUT2D eigenvalue weighted by Crippen LogP contribution is -2.05. The van der Waals surface area contributed by atoms with Gasteiger partial charge >= 0.3 is 5.97 Å². The van der Waals surface area contributed by atoms with Crippen LogP contribution in [0, 0.1) is 24.1 Å². The van der Waals surface area contributed by atoms with Crippen LogP contribution in [0.4, 0.5) is 10.1 Å². The molecule has 2 aromatic rings. The summed E-state index contributed by atoms with van der Waals surface area (Å²) in [6.07, 6.45) is 0. The predicted octanol–water partition coefficient (Wildman–Crippen LogP) is 2.90. The van der Waals surface area contributed by atoms with Crippen LogP contribution >= 0.6 is 0 Å². The number of hydrogen-bond acceptors (Lipinski definition) is 5. The first-order chi connectivity index (χ1) is 11.5. The van der Waals surface area contributed by atoms with E-state index in [1.54, 1.807) is 6.92 Å². The lowest BCUT2D eigenvalue weighted by Gasteiger charge is -2.02. The van der Waals surface area contributed by atoms with Crippen molar-refractivity contribution in [2.45, 2.75) is 6.92 Å². The Morgan fingerprint density at radius 2 is 2.12 bits per heavy atom. The molecular weight excluding hydrogens is 315 g/mol. The van der Waals surface area contributed by atoms with Crippen molar-refractivity contribution in [1.29, 1.82) is 5.26 Å². The zero-order valence-corrected chi connectivity index (χ0v) is 12.8. The normalized spacial score (nSPS) is 14.7. The number of amides is 1. The number of aryl methyl sites for hydroxylation is 1. The van der Waals surface area contributed by atoms with E-state index < -0.39 is 17.7 Å². The first-order valence-electron chi connectivity index (χ1n) is 6.91. The molecule has 1 aliphatic rings. The zero-order valence-electron chi connectivity index (χ0n) is 12.8. The summed E-state index contributed by atoms with van der Waals surface area (Å²) in [4.78, 5) is 23.8. The average molecular weight is 326 g/mol. The van der Waals surface area contributed by atoms with Crippen molar-refractivity contribution < 1.29 is 23.1 Å². The molecule has 1 aromatic carbocycles. The predicted molar refractivity (Wildman–Crippen MR) is 82.2 cm³/mol. The second kappa shape index (κ2) is 5.66. The van der Waals surface area contributed by atoms with Gasteiger partial charge in [0.25, 0.3) is 5.91 Å². The van der Waals surface area contributed by atoms with Gasteiger partial charge in [-0.2, -0.15) is 5.26 Å². The molecule has 1 aliphatic heterocycles. The Balaban J connectivity index is 2.23. The van der Waals surface area contributed by atoms with Gasteiger partial charge in [0.05, 0.1) is 18.3 Å². The second-order valence-electron chi connectivity index (χ2n) is 5.08. The van der Waals surface area contributed by atoms with E-state index in [-0.39, 0.29) is 33.8 Å². The number of anilines is 1. The molecule has 0 bridgehead atoms. The number of furan rings is 1. The zero-order chi connectivity index (χ0) is 17.4. The van der Waals surface area contributed by atoms with Crippen LogP contribution in [0.15, 0.2) is 28.7 Å².